The fourth-order valence-corrected chi connectivity index (χ4v) is 2.82. The lowest BCUT2D eigenvalue weighted by Crippen LogP contribution is -2.45. The van der Waals surface area contributed by atoms with Crippen molar-refractivity contribution in [3.8, 4) is 0 Å². The zero-order chi connectivity index (χ0) is 15.1. The topological polar surface area (TPSA) is 89.5 Å². The number of nitrogens with two attached hydrogens (primary N) is 1. The van der Waals surface area contributed by atoms with E-state index in [1.165, 1.54) is 6.07 Å². The number of likely N-dealkylation sites (tertiary alicyclic amines) is 1. The number of amides is 1. The van der Waals surface area contributed by atoms with E-state index in [4.69, 9.17) is 5.73 Å². The Morgan fingerprint density at radius 3 is 2.50 bits per heavy atom. The van der Waals surface area contributed by atoms with Crippen LogP contribution in [0.3, 0.4) is 0 Å². The van der Waals surface area contributed by atoms with Crippen LogP contribution in [0, 0.1) is 10.1 Å². The third kappa shape index (κ3) is 2.38. The molecule has 6 nitrogen and oxygen atoms in total. The number of para-hydroxylation sites is 1. The van der Waals surface area contributed by atoms with E-state index >= 15 is 0 Å². The molecule has 6 heteroatoms. The predicted molar refractivity (Wildman–Crippen MR) is 75.0 cm³/mol. The normalized spacial score (nSPS) is 23.2. The zero-order valence-corrected chi connectivity index (χ0v) is 11.9. The lowest BCUT2D eigenvalue weighted by Gasteiger charge is -2.38. The highest BCUT2D eigenvalue weighted by Gasteiger charge is 2.45. The van der Waals surface area contributed by atoms with Crippen molar-refractivity contribution in [3.63, 3.8) is 0 Å². The van der Waals surface area contributed by atoms with Gasteiger partial charge >= 0.3 is 0 Å². The van der Waals surface area contributed by atoms with Gasteiger partial charge in [0.2, 0.25) is 5.91 Å². The van der Waals surface area contributed by atoms with E-state index in [0.717, 1.165) is 0 Å². The van der Waals surface area contributed by atoms with Gasteiger partial charge in [0.25, 0.3) is 5.69 Å². The average Bonchev–Trinajstić information content (AvgIpc) is 2.63. The maximum atomic E-state index is 12.2. The molecule has 2 rings (SSSR count). The number of rotatable bonds is 2. The van der Waals surface area contributed by atoms with Gasteiger partial charge in [-0.1, -0.05) is 18.2 Å². The molecule has 0 aromatic heterocycles. The number of benzene rings is 1. The number of hydrogen-bond acceptors (Lipinski definition) is 4. The summed E-state index contributed by atoms with van der Waals surface area (Å²) < 4.78 is 0. The summed E-state index contributed by atoms with van der Waals surface area (Å²) in [5.41, 5.74) is 6.16. The molecule has 1 aromatic rings. The highest BCUT2D eigenvalue weighted by Crippen LogP contribution is 2.40. The van der Waals surface area contributed by atoms with Crippen LogP contribution in [0.4, 0.5) is 5.69 Å². The zero-order valence-electron chi connectivity index (χ0n) is 11.9. The molecule has 0 spiro atoms. The van der Waals surface area contributed by atoms with Gasteiger partial charge in [-0.3, -0.25) is 14.9 Å². The Balaban J connectivity index is 2.55. The van der Waals surface area contributed by atoms with Gasteiger partial charge in [-0.25, -0.2) is 0 Å². The summed E-state index contributed by atoms with van der Waals surface area (Å²) in [7, 11) is 0. The maximum Gasteiger partial charge on any atom is 0.274 e. The van der Waals surface area contributed by atoms with Crippen LogP contribution in [-0.4, -0.2) is 27.3 Å². The van der Waals surface area contributed by atoms with Crippen molar-refractivity contribution in [2.24, 2.45) is 5.73 Å². The van der Waals surface area contributed by atoms with Crippen LogP contribution in [-0.2, 0) is 4.79 Å². The van der Waals surface area contributed by atoms with E-state index in [-0.39, 0.29) is 18.0 Å². The van der Waals surface area contributed by atoms with E-state index < -0.39 is 22.5 Å². The van der Waals surface area contributed by atoms with Crippen molar-refractivity contribution in [1.29, 1.82) is 0 Å². The van der Waals surface area contributed by atoms with Gasteiger partial charge in [-0.2, -0.15) is 0 Å². The molecule has 1 amide bonds. The monoisotopic (exact) mass is 277 g/mol. The van der Waals surface area contributed by atoms with E-state index in [2.05, 4.69) is 0 Å². The van der Waals surface area contributed by atoms with Gasteiger partial charge in [-0.05, 0) is 20.8 Å². The number of hydrogen-bond donors (Lipinski definition) is 1. The molecule has 2 N–H and O–H groups in total. The summed E-state index contributed by atoms with van der Waals surface area (Å²) in [6, 6.07) is 5.60. The van der Waals surface area contributed by atoms with Crippen LogP contribution in [0.15, 0.2) is 24.3 Å². The molecule has 0 saturated carbocycles. The van der Waals surface area contributed by atoms with E-state index in [1.807, 2.05) is 20.8 Å². The Hall–Kier alpha value is -1.95. The molecule has 1 heterocycles. The van der Waals surface area contributed by atoms with Crippen LogP contribution >= 0.6 is 0 Å². The third-order valence-electron chi connectivity index (χ3n) is 3.54. The number of carbonyl (C=O) groups excluding carboxylic acids is 1. The SMILES string of the molecule is CC(C)(C)N1C(=O)CC(N)C1c1ccccc1[N+](=O)[O-]. The summed E-state index contributed by atoms with van der Waals surface area (Å²) in [5.74, 6) is -0.0619. The van der Waals surface area contributed by atoms with Crippen molar-refractivity contribution < 1.29 is 9.72 Å². The Morgan fingerprint density at radius 2 is 1.95 bits per heavy atom. The molecular formula is C14H19N3O3. The maximum absolute atomic E-state index is 12.2. The largest absolute Gasteiger partial charge is 0.329 e. The van der Waals surface area contributed by atoms with Crippen LogP contribution in [0.25, 0.3) is 0 Å². The van der Waals surface area contributed by atoms with Gasteiger partial charge in [-0.15, -0.1) is 0 Å². The van der Waals surface area contributed by atoms with Gasteiger partial charge in [0.05, 0.1) is 16.5 Å². The molecular weight excluding hydrogens is 258 g/mol. The first-order valence-electron chi connectivity index (χ1n) is 6.54. The van der Waals surface area contributed by atoms with Crippen LogP contribution < -0.4 is 5.73 Å². The van der Waals surface area contributed by atoms with Crippen LogP contribution in [0.2, 0.25) is 0 Å². The smallest absolute Gasteiger partial charge is 0.274 e. The van der Waals surface area contributed by atoms with E-state index in [1.54, 1.807) is 23.1 Å². The van der Waals surface area contributed by atoms with E-state index in [9.17, 15) is 14.9 Å². The van der Waals surface area contributed by atoms with Crippen LogP contribution in [0.1, 0.15) is 38.8 Å². The molecule has 0 radical (unpaired) electrons. The fourth-order valence-electron chi connectivity index (χ4n) is 2.82. The lowest BCUT2D eigenvalue weighted by atomic mass is 9.95. The summed E-state index contributed by atoms with van der Waals surface area (Å²) >= 11 is 0. The lowest BCUT2D eigenvalue weighted by molar-refractivity contribution is -0.386. The summed E-state index contributed by atoms with van der Waals surface area (Å²) in [5, 5.41) is 11.2. The highest BCUT2D eigenvalue weighted by molar-refractivity contribution is 5.81. The van der Waals surface area contributed by atoms with Gasteiger partial charge < -0.3 is 10.6 Å². The number of nitro groups is 1. The number of nitro benzene ring substituents is 1. The molecule has 0 aliphatic carbocycles. The quantitative estimate of drug-likeness (QED) is 0.661. The van der Waals surface area contributed by atoms with E-state index in [0.29, 0.717) is 5.56 Å². The second-order valence-corrected chi connectivity index (χ2v) is 6.06. The van der Waals surface area contributed by atoms with Crippen molar-refractivity contribution in [1.82, 2.24) is 4.90 Å². The molecule has 1 aromatic carbocycles. The van der Waals surface area contributed by atoms with Crippen molar-refractivity contribution in [2.75, 3.05) is 0 Å². The standard InChI is InChI=1S/C14H19N3O3/c1-14(2,3)16-12(18)8-10(15)13(16)9-6-4-5-7-11(9)17(19)20/h4-7,10,13H,8,15H2,1-3H3. The summed E-state index contributed by atoms with van der Waals surface area (Å²) in [6.07, 6.45) is 0.216. The first-order valence-corrected chi connectivity index (χ1v) is 6.54. The molecule has 0 bridgehead atoms. The van der Waals surface area contributed by atoms with Crippen molar-refractivity contribution in [2.45, 2.75) is 44.8 Å². The molecule has 1 aliphatic heterocycles. The number of nitrogens with zero attached hydrogens (tertiary/aromatic N) is 2. The molecule has 1 fully saturated rings. The highest BCUT2D eigenvalue weighted by atomic mass is 16.6. The van der Waals surface area contributed by atoms with Crippen LogP contribution in [0.5, 0.6) is 0 Å². The summed E-state index contributed by atoms with van der Waals surface area (Å²) in [6.45, 7) is 5.72. The Morgan fingerprint density at radius 1 is 1.35 bits per heavy atom. The minimum absolute atomic E-state index is 0.0110. The minimum Gasteiger partial charge on any atom is -0.329 e. The number of carbonyl (C=O) groups is 1. The van der Waals surface area contributed by atoms with Crippen molar-refractivity contribution >= 4 is 11.6 Å². The van der Waals surface area contributed by atoms with Gasteiger partial charge in [0.15, 0.2) is 0 Å². The molecule has 108 valence electrons. The van der Waals surface area contributed by atoms with Gasteiger partial charge in [0, 0.05) is 24.1 Å². The second kappa shape index (κ2) is 4.86. The predicted octanol–water partition coefficient (Wildman–Crippen LogP) is 1.99. The molecule has 1 saturated heterocycles. The molecule has 2 unspecified atom stereocenters. The Kier molecular flexibility index (Phi) is 3.52. The third-order valence-corrected chi connectivity index (χ3v) is 3.54. The van der Waals surface area contributed by atoms with Crippen molar-refractivity contribution in [3.05, 3.63) is 39.9 Å². The summed E-state index contributed by atoms with van der Waals surface area (Å²) in [4.78, 5) is 24.6. The van der Waals surface area contributed by atoms with Gasteiger partial charge in [0.1, 0.15) is 0 Å². The Bertz CT molecular complexity index is 551. The minimum atomic E-state index is -0.455. The second-order valence-electron chi connectivity index (χ2n) is 6.06. The fraction of sp³-hybridized carbons (Fsp3) is 0.500. The Labute approximate surface area is 117 Å². The molecule has 20 heavy (non-hydrogen) atoms. The first kappa shape index (κ1) is 14.5. The molecule has 1 aliphatic rings. The average molecular weight is 277 g/mol. The first-order chi connectivity index (χ1) is 9.23. The molecule has 2 atom stereocenters.